The van der Waals surface area contributed by atoms with Crippen LogP contribution in [0.5, 0.6) is 5.75 Å². The third kappa shape index (κ3) is 6.89. The van der Waals surface area contributed by atoms with Gasteiger partial charge in [0.05, 0.1) is 0 Å². The minimum Gasteiger partial charge on any atom is -0.489 e. The van der Waals surface area contributed by atoms with Gasteiger partial charge in [0.15, 0.2) is 6.04 Å². The molecular weight excluding hydrogens is 422 g/mol. The Kier molecular flexibility index (Phi) is 8.75. The molecule has 3 aromatic carbocycles. The number of amides is 1. The number of aliphatic carboxylic acids is 1. The highest BCUT2D eigenvalue weighted by molar-refractivity contribution is 7.80. The molecule has 2 atom stereocenters. The van der Waals surface area contributed by atoms with E-state index in [1.54, 1.807) is 24.3 Å². The quantitative estimate of drug-likeness (QED) is 0.371. The van der Waals surface area contributed by atoms with E-state index in [1.165, 1.54) is 0 Å². The van der Waals surface area contributed by atoms with Crippen LogP contribution in [0.2, 0.25) is 0 Å². The molecular formula is C26H27NO4S. The van der Waals surface area contributed by atoms with E-state index in [1.807, 2.05) is 60.7 Å². The van der Waals surface area contributed by atoms with Crippen LogP contribution in [-0.2, 0) is 22.6 Å². The number of hydrogen-bond donors (Lipinski definition) is 3. The van der Waals surface area contributed by atoms with Gasteiger partial charge < -0.3 is 15.2 Å². The summed E-state index contributed by atoms with van der Waals surface area (Å²) in [6.45, 7) is 0.421. The smallest absolute Gasteiger partial charge is 0.330 e. The van der Waals surface area contributed by atoms with Crippen molar-refractivity contribution in [2.75, 3.05) is 5.75 Å². The van der Waals surface area contributed by atoms with E-state index < -0.39 is 12.0 Å². The van der Waals surface area contributed by atoms with Crippen LogP contribution in [0.25, 0.3) is 0 Å². The third-order valence-corrected chi connectivity index (χ3v) is 5.65. The van der Waals surface area contributed by atoms with E-state index >= 15 is 0 Å². The van der Waals surface area contributed by atoms with Crippen LogP contribution in [-0.4, -0.2) is 22.7 Å². The molecule has 1 unspecified atom stereocenters. The predicted molar refractivity (Wildman–Crippen MR) is 128 cm³/mol. The van der Waals surface area contributed by atoms with Gasteiger partial charge in [0, 0.05) is 11.7 Å². The van der Waals surface area contributed by atoms with Crippen LogP contribution in [0.1, 0.15) is 29.2 Å². The zero-order chi connectivity index (χ0) is 22.8. The summed E-state index contributed by atoms with van der Waals surface area (Å²) in [5.41, 5.74) is 2.66. The first-order valence-electron chi connectivity index (χ1n) is 10.5. The highest BCUT2D eigenvalue weighted by Gasteiger charge is 2.26. The summed E-state index contributed by atoms with van der Waals surface area (Å²) in [7, 11) is 0. The van der Waals surface area contributed by atoms with Gasteiger partial charge in [-0.3, -0.25) is 4.79 Å². The molecule has 5 nitrogen and oxygen atoms in total. The average molecular weight is 450 g/mol. The molecule has 2 N–H and O–H groups in total. The Morgan fingerprint density at radius 1 is 0.875 bits per heavy atom. The van der Waals surface area contributed by atoms with Crippen molar-refractivity contribution in [1.82, 2.24) is 5.32 Å². The van der Waals surface area contributed by atoms with Crippen LogP contribution in [0.15, 0.2) is 84.9 Å². The standard InChI is InChI=1S/C26H27NO4S/c28-25(22(18-32)12-11-19-7-3-1-4-8-19)27-24(26(29)30)21-13-15-23(16-14-21)31-17-20-9-5-2-6-10-20/h1-10,13-16,22,24,32H,11-12,17-18H2,(H,27,28)(H,29,30)/t22?,24-/m1/s1. The summed E-state index contributed by atoms with van der Waals surface area (Å²) in [6.07, 6.45) is 1.32. The molecule has 0 radical (unpaired) electrons. The van der Waals surface area contributed by atoms with Gasteiger partial charge in [-0.1, -0.05) is 72.8 Å². The van der Waals surface area contributed by atoms with E-state index in [-0.39, 0.29) is 11.8 Å². The fraction of sp³-hybridized carbons (Fsp3) is 0.231. The number of thiol groups is 1. The minimum absolute atomic E-state index is 0.312. The maximum absolute atomic E-state index is 12.8. The van der Waals surface area contributed by atoms with Gasteiger partial charge >= 0.3 is 5.97 Å². The van der Waals surface area contributed by atoms with E-state index in [0.29, 0.717) is 30.1 Å². The molecule has 3 aromatic rings. The van der Waals surface area contributed by atoms with E-state index in [2.05, 4.69) is 17.9 Å². The minimum atomic E-state index is -1.13. The summed E-state index contributed by atoms with van der Waals surface area (Å²) < 4.78 is 5.75. The summed E-state index contributed by atoms with van der Waals surface area (Å²) in [5, 5.41) is 12.4. The van der Waals surface area contributed by atoms with Crippen LogP contribution in [0, 0.1) is 5.92 Å². The molecule has 0 heterocycles. The van der Waals surface area contributed by atoms with Crippen LogP contribution in [0.3, 0.4) is 0 Å². The van der Waals surface area contributed by atoms with Gasteiger partial charge in [0.2, 0.25) is 5.91 Å². The Bertz CT molecular complexity index is 993. The maximum Gasteiger partial charge on any atom is 0.330 e. The molecule has 0 aliphatic rings. The zero-order valence-electron chi connectivity index (χ0n) is 17.7. The topological polar surface area (TPSA) is 75.6 Å². The molecule has 3 rings (SSSR count). The third-order valence-electron chi connectivity index (χ3n) is 5.21. The lowest BCUT2D eigenvalue weighted by molar-refractivity contribution is -0.142. The van der Waals surface area contributed by atoms with Gasteiger partial charge in [-0.2, -0.15) is 12.6 Å². The highest BCUT2D eigenvalue weighted by Crippen LogP contribution is 2.21. The molecule has 0 saturated carbocycles. The number of carboxylic acids is 1. The zero-order valence-corrected chi connectivity index (χ0v) is 18.6. The van der Waals surface area contributed by atoms with E-state index in [4.69, 9.17) is 4.74 Å². The number of carboxylic acid groups (broad SMARTS) is 1. The van der Waals surface area contributed by atoms with E-state index in [9.17, 15) is 14.7 Å². The summed E-state index contributed by atoms with van der Waals surface area (Å²) in [5.74, 6) is -0.833. The molecule has 6 heteroatoms. The molecule has 0 bridgehead atoms. The van der Waals surface area contributed by atoms with E-state index in [0.717, 1.165) is 17.5 Å². The monoisotopic (exact) mass is 449 g/mol. The lowest BCUT2D eigenvalue weighted by atomic mass is 9.99. The first kappa shape index (κ1) is 23.4. The molecule has 32 heavy (non-hydrogen) atoms. The second kappa shape index (κ2) is 12.0. The first-order valence-corrected chi connectivity index (χ1v) is 11.1. The molecule has 0 aliphatic heterocycles. The summed E-state index contributed by atoms with van der Waals surface area (Å²) in [4.78, 5) is 24.6. The maximum atomic E-state index is 12.8. The Labute approximate surface area is 193 Å². The number of aryl methyl sites for hydroxylation is 1. The van der Waals surface area contributed by atoms with Gasteiger partial charge in [0.1, 0.15) is 12.4 Å². The van der Waals surface area contributed by atoms with Crippen LogP contribution < -0.4 is 10.1 Å². The molecule has 166 valence electrons. The van der Waals surface area contributed by atoms with Crippen molar-refractivity contribution in [1.29, 1.82) is 0 Å². The number of nitrogens with one attached hydrogen (secondary N) is 1. The van der Waals surface area contributed by atoms with Crippen molar-refractivity contribution in [3.63, 3.8) is 0 Å². The number of carbonyl (C=O) groups is 2. The molecule has 0 spiro atoms. The molecule has 0 aromatic heterocycles. The van der Waals surface area contributed by atoms with Crippen molar-refractivity contribution in [3.8, 4) is 5.75 Å². The van der Waals surface area contributed by atoms with Crippen LogP contribution in [0.4, 0.5) is 0 Å². The molecule has 0 saturated heterocycles. The average Bonchev–Trinajstić information content (AvgIpc) is 2.83. The number of ether oxygens (including phenoxy) is 1. The normalized spacial score (nSPS) is 12.5. The largest absolute Gasteiger partial charge is 0.489 e. The number of hydrogen-bond acceptors (Lipinski definition) is 4. The summed E-state index contributed by atoms with van der Waals surface area (Å²) >= 11 is 4.30. The lowest BCUT2D eigenvalue weighted by Gasteiger charge is -2.20. The molecule has 1 amide bonds. The van der Waals surface area contributed by atoms with Crippen LogP contribution >= 0.6 is 12.6 Å². The Morgan fingerprint density at radius 2 is 1.47 bits per heavy atom. The van der Waals surface area contributed by atoms with Gasteiger partial charge in [-0.25, -0.2) is 4.79 Å². The SMILES string of the molecule is O=C(N[C@@H](C(=O)O)c1ccc(OCc2ccccc2)cc1)C(CS)CCc1ccccc1. The second-order valence-electron chi connectivity index (χ2n) is 7.53. The second-order valence-corrected chi connectivity index (χ2v) is 7.89. The molecule has 0 aliphatic carbocycles. The van der Waals surface area contributed by atoms with Crippen molar-refractivity contribution >= 4 is 24.5 Å². The highest BCUT2D eigenvalue weighted by atomic mass is 32.1. The van der Waals surface area contributed by atoms with Crippen molar-refractivity contribution in [2.45, 2.75) is 25.5 Å². The van der Waals surface area contributed by atoms with Gasteiger partial charge in [-0.15, -0.1) is 0 Å². The van der Waals surface area contributed by atoms with Crippen molar-refractivity contribution in [2.24, 2.45) is 5.92 Å². The summed E-state index contributed by atoms with van der Waals surface area (Å²) in [6, 6.07) is 25.3. The number of benzene rings is 3. The Hall–Kier alpha value is -3.25. The van der Waals surface area contributed by atoms with Gasteiger partial charge in [0.25, 0.3) is 0 Å². The number of rotatable bonds is 11. The van der Waals surface area contributed by atoms with Gasteiger partial charge in [-0.05, 0) is 41.7 Å². The Balaban J connectivity index is 1.59. The lowest BCUT2D eigenvalue weighted by Crippen LogP contribution is -2.38. The first-order chi connectivity index (χ1) is 15.6. The van der Waals surface area contributed by atoms with Crippen molar-refractivity contribution in [3.05, 3.63) is 102 Å². The fourth-order valence-electron chi connectivity index (χ4n) is 3.34. The fourth-order valence-corrected chi connectivity index (χ4v) is 3.68. The number of carbonyl (C=O) groups excluding carboxylic acids is 1. The molecule has 0 fully saturated rings. The Morgan fingerprint density at radius 3 is 2.03 bits per heavy atom. The van der Waals surface area contributed by atoms with Crippen molar-refractivity contribution < 1.29 is 19.4 Å². The predicted octanol–water partition coefficient (Wildman–Crippen LogP) is 4.69.